The Morgan fingerprint density at radius 2 is 2.13 bits per heavy atom. The van der Waals surface area contributed by atoms with Crippen LogP contribution < -0.4 is 5.73 Å². The molecule has 0 saturated heterocycles. The van der Waals surface area contributed by atoms with Gasteiger partial charge >= 0.3 is 0 Å². The van der Waals surface area contributed by atoms with Crippen LogP contribution >= 0.6 is 0 Å². The van der Waals surface area contributed by atoms with E-state index < -0.39 is 0 Å². The second kappa shape index (κ2) is 8.68. The van der Waals surface area contributed by atoms with Gasteiger partial charge in [0.1, 0.15) is 0 Å². The summed E-state index contributed by atoms with van der Waals surface area (Å²) in [6.07, 6.45) is 2.98. The SMILES string of the molecule is CCN(CCCO)C(=O)CCCC(C)N. The van der Waals surface area contributed by atoms with Gasteiger partial charge in [0.15, 0.2) is 0 Å². The highest BCUT2D eigenvalue weighted by molar-refractivity contribution is 5.76. The van der Waals surface area contributed by atoms with Crippen LogP contribution in [-0.4, -0.2) is 41.7 Å². The molecule has 0 aliphatic heterocycles. The normalized spacial score (nSPS) is 12.5. The Morgan fingerprint density at radius 3 is 2.60 bits per heavy atom. The second-order valence-electron chi connectivity index (χ2n) is 3.92. The maximum atomic E-state index is 11.7. The van der Waals surface area contributed by atoms with Gasteiger partial charge in [-0.25, -0.2) is 0 Å². The van der Waals surface area contributed by atoms with E-state index in [9.17, 15) is 4.79 Å². The lowest BCUT2D eigenvalue weighted by atomic mass is 10.1. The molecule has 0 aliphatic carbocycles. The van der Waals surface area contributed by atoms with Crippen molar-refractivity contribution in [2.45, 2.75) is 45.6 Å². The number of hydrogen-bond donors (Lipinski definition) is 2. The van der Waals surface area contributed by atoms with Crippen molar-refractivity contribution in [3.8, 4) is 0 Å². The van der Waals surface area contributed by atoms with Crippen LogP contribution in [-0.2, 0) is 4.79 Å². The molecule has 4 nitrogen and oxygen atoms in total. The predicted molar refractivity (Wildman–Crippen MR) is 61.5 cm³/mol. The largest absolute Gasteiger partial charge is 0.396 e. The summed E-state index contributed by atoms with van der Waals surface area (Å²) in [6, 6.07) is 0.172. The smallest absolute Gasteiger partial charge is 0.222 e. The Bertz CT molecular complexity index is 172. The van der Waals surface area contributed by atoms with Crippen LogP contribution in [0.1, 0.15) is 39.5 Å². The molecule has 4 heteroatoms. The highest BCUT2D eigenvalue weighted by Crippen LogP contribution is 2.03. The summed E-state index contributed by atoms with van der Waals surface area (Å²) >= 11 is 0. The van der Waals surface area contributed by atoms with E-state index in [4.69, 9.17) is 10.8 Å². The molecule has 0 spiro atoms. The van der Waals surface area contributed by atoms with Gasteiger partial charge in [-0.2, -0.15) is 0 Å². The van der Waals surface area contributed by atoms with E-state index >= 15 is 0 Å². The number of carbonyl (C=O) groups excluding carboxylic acids is 1. The molecule has 0 saturated carbocycles. The number of nitrogens with zero attached hydrogens (tertiary/aromatic N) is 1. The molecule has 1 atom stereocenters. The minimum atomic E-state index is 0.142. The molecule has 15 heavy (non-hydrogen) atoms. The molecule has 0 fully saturated rings. The van der Waals surface area contributed by atoms with Gasteiger partial charge in [-0.3, -0.25) is 4.79 Å². The summed E-state index contributed by atoms with van der Waals surface area (Å²) in [6.45, 7) is 5.43. The zero-order valence-corrected chi connectivity index (χ0v) is 9.91. The van der Waals surface area contributed by atoms with Crippen LogP contribution in [0.25, 0.3) is 0 Å². The van der Waals surface area contributed by atoms with Crippen LogP contribution in [0, 0.1) is 0 Å². The highest BCUT2D eigenvalue weighted by Gasteiger charge is 2.10. The molecule has 1 amide bonds. The summed E-state index contributed by atoms with van der Waals surface area (Å²) < 4.78 is 0. The van der Waals surface area contributed by atoms with Gasteiger partial charge in [-0.1, -0.05) is 0 Å². The first-order chi connectivity index (χ1) is 7.11. The van der Waals surface area contributed by atoms with Gasteiger partial charge < -0.3 is 15.7 Å². The quantitative estimate of drug-likeness (QED) is 0.628. The van der Waals surface area contributed by atoms with Crippen molar-refractivity contribution in [3.63, 3.8) is 0 Å². The maximum absolute atomic E-state index is 11.7. The van der Waals surface area contributed by atoms with Gasteiger partial charge in [0, 0.05) is 32.2 Å². The number of hydrogen-bond acceptors (Lipinski definition) is 3. The maximum Gasteiger partial charge on any atom is 0.222 e. The highest BCUT2D eigenvalue weighted by atomic mass is 16.3. The third kappa shape index (κ3) is 7.33. The van der Waals surface area contributed by atoms with Crippen LogP contribution in [0.4, 0.5) is 0 Å². The Hall–Kier alpha value is -0.610. The molecule has 90 valence electrons. The topological polar surface area (TPSA) is 66.6 Å². The number of rotatable bonds is 8. The van der Waals surface area contributed by atoms with E-state index in [2.05, 4.69) is 0 Å². The van der Waals surface area contributed by atoms with E-state index in [0.29, 0.717) is 19.4 Å². The first-order valence-electron chi connectivity index (χ1n) is 5.76. The molecular formula is C11H24N2O2. The monoisotopic (exact) mass is 216 g/mol. The summed E-state index contributed by atoms with van der Waals surface area (Å²) in [5.41, 5.74) is 5.61. The van der Waals surface area contributed by atoms with Crippen LogP contribution in [0.2, 0.25) is 0 Å². The molecule has 0 aromatic carbocycles. The fourth-order valence-corrected chi connectivity index (χ4v) is 1.45. The van der Waals surface area contributed by atoms with E-state index in [0.717, 1.165) is 19.4 Å². The Labute approximate surface area is 92.4 Å². The first-order valence-corrected chi connectivity index (χ1v) is 5.76. The van der Waals surface area contributed by atoms with Crippen molar-refractivity contribution in [3.05, 3.63) is 0 Å². The van der Waals surface area contributed by atoms with Crippen molar-refractivity contribution in [1.29, 1.82) is 0 Å². The summed E-state index contributed by atoms with van der Waals surface area (Å²) in [4.78, 5) is 13.5. The number of amides is 1. The number of carbonyl (C=O) groups is 1. The van der Waals surface area contributed by atoms with Crippen molar-refractivity contribution >= 4 is 5.91 Å². The van der Waals surface area contributed by atoms with E-state index in [-0.39, 0.29) is 18.6 Å². The second-order valence-corrected chi connectivity index (χ2v) is 3.92. The van der Waals surface area contributed by atoms with Crippen molar-refractivity contribution in [2.75, 3.05) is 19.7 Å². The molecule has 0 aromatic heterocycles. The molecular weight excluding hydrogens is 192 g/mol. The van der Waals surface area contributed by atoms with Gasteiger partial charge in [-0.15, -0.1) is 0 Å². The molecule has 0 bridgehead atoms. The predicted octanol–water partition coefficient (Wildman–Crippen LogP) is 0.735. The van der Waals surface area contributed by atoms with Gasteiger partial charge in [-0.05, 0) is 33.1 Å². The standard InChI is InChI=1S/C11H24N2O2/c1-3-13(8-5-9-14)11(15)7-4-6-10(2)12/h10,14H,3-9,12H2,1-2H3. The average Bonchev–Trinajstić information content (AvgIpc) is 2.18. The fraction of sp³-hybridized carbons (Fsp3) is 0.909. The third-order valence-electron chi connectivity index (χ3n) is 2.37. The number of nitrogens with two attached hydrogens (primary N) is 1. The first kappa shape index (κ1) is 14.4. The zero-order chi connectivity index (χ0) is 11.7. The molecule has 0 radical (unpaired) electrons. The lowest BCUT2D eigenvalue weighted by Gasteiger charge is -2.20. The lowest BCUT2D eigenvalue weighted by molar-refractivity contribution is -0.131. The summed E-state index contributed by atoms with van der Waals surface area (Å²) in [7, 11) is 0. The fourth-order valence-electron chi connectivity index (χ4n) is 1.45. The Kier molecular flexibility index (Phi) is 8.33. The minimum Gasteiger partial charge on any atom is -0.396 e. The minimum absolute atomic E-state index is 0.142. The number of aliphatic hydroxyl groups excluding tert-OH is 1. The van der Waals surface area contributed by atoms with Crippen LogP contribution in [0.5, 0.6) is 0 Å². The van der Waals surface area contributed by atoms with Gasteiger partial charge in [0.25, 0.3) is 0 Å². The molecule has 3 N–H and O–H groups in total. The Morgan fingerprint density at radius 1 is 1.47 bits per heavy atom. The van der Waals surface area contributed by atoms with E-state index in [1.165, 1.54) is 0 Å². The van der Waals surface area contributed by atoms with Gasteiger partial charge in [0.2, 0.25) is 5.91 Å². The zero-order valence-electron chi connectivity index (χ0n) is 9.91. The molecule has 0 aromatic rings. The molecule has 0 rings (SSSR count). The average molecular weight is 216 g/mol. The Balaban J connectivity index is 3.73. The van der Waals surface area contributed by atoms with Crippen molar-refractivity contribution in [2.24, 2.45) is 5.73 Å². The lowest BCUT2D eigenvalue weighted by Crippen LogP contribution is -2.32. The van der Waals surface area contributed by atoms with Crippen molar-refractivity contribution < 1.29 is 9.90 Å². The van der Waals surface area contributed by atoms with E-state index in [1.54, 1.807) is 4.90 Å². The molecule has 1 unspecified atom stereocenters. The van der Waals surface area contributed by atoms with Crippen molar-refractivity contribution in [1.82, 2.24) is 4.90 Å². The summed E-state index contributed by atoms with van der Waals surface area (Å²) in [5.74, 6) is 0.173. The van der Waals surface area contributed by atoms with Gasteiger partial charge in [0.05, 0.1) is 0 Å². The molecule has 0 aliphatic rings. The van der Waals surface area contributed by atoms with Crippen LogP contribution in [0.3, 0.4) is 0 Å². The number of aliphatic hydroxyl groups is 1. The summed E-state index contributed by atoms with van der Waals surface area (Å²) in [5, 5.41) is 8.69. The molecule has 0 heterocycles. The van der Waals surface area contributed by atoms with Crippen LogP contribution in [0.15, 0.2) is 0 Å². The third-order valence-corrected chi connectivity index (χ3v) is 2.37. The van der Waals surface area contributed by atoms with E-state index in [1.807, 2.05) is 13.8 Å².